The molecule has 4 heterocycles. The lowest BCUT2D eigenvalue weighted by Crippen LogP contribution is -2.09. The zero-order valence-electron chi connectivity index (χ0n) is 21.9. The van der Waals surface area contributed by atoms with Gasteiger partial charge in [-0.15, -0.1) is 15.0 Å². The minimum Gasteiger partial charge on any atom is -0.463 e. The molecule has 1 aromatic heterocycles. The van der Waals surface area contributed by atoms with Gasteiger partial charge in [0.15, 0.2) is 0 Å². The molecule has 3 saturated heterocycles. The van der Waals surface area contributed by atoms with Gasteiger partial charge in [-0.25, -0.2) is 0 Å². The zero-order valence-corrected chi connectivity index (χ0v) is 21.9. The minimum atomic E-state index is 0.287. The lowest BCUT2D eigenvalue weighted by Gasteiger charge is -2.10. The van der Waals surface area contributed by atoms with Crippen LogP contribution < -0.4 is 14.2 Å². The van der Waals surface area contributed by atoms with Gasteiger partial charge in [-0.3, -0.25) is 0 Å². The molecule has 0 radical (unpaired) electrons. The number of epoxide rings is 3. The monoisotopic (exact) mass is 507 g/mol. The van der Waals surface area contributed by atoms with E-state index in [1.165, 1.54) is 57.8 Å². The van der Waals surface area contributed by atoms with Crippen LogP contribution in [-0.4, -0.2) is 72.9 Å². The second kappa shape index (κ2) is 16.2. The summed E-state index contributed by atoms with van der Waals surface area (Å²) in [6, 6.07) is 0.862. The number of aromatic nitrogens is 3. The molecule has 0 N–H and O–H groups in total. The lowest BCUT2D eigenvalue weighted by molar-refractivity contribution is 0.227. The second-order valence-corrected chi connectivity index (χ2v) is 10.2. The van der Waals surface area contributed by atoms with Crippen LogP contribution in [0.4, 0.5) is 0 Å². The Morgan fingerprint density at radius 1 is 0.444 bits per heavy atom. The number of hydrogen-bond donors (Lipinski definition) is 0. The van der Waals surface area contributed by atoms with Crippen molar-refractivity contribution in [2.45, 2.75) is 115 Å². The van der Waals surface area contributed by atoms with Crippen molar-refractivity contribution >= 4 is 0 Å². The summed E-state index contributed by atoms with van der Waals surface area (Å²) >= 11 is 0. The first-order chi connectivity index (χ1) is 17.8. The number of unbranched alkanes of at least 4 members (excludes halogenated alkanes) is 9. The zero-order chi connectivity index (χ0) is 24.7. The van der Waals surface area contributed by atoms with Crippen LogP contribution in [0.15, 0.2) is 0 Å². The average molecular weight is 508 g/mol. The average Bonchev–Trinajstić information content (AvgIpc) is 3.73. The fraction of sp³-hybridized carbons (Fsp3) is 0.889. The van der Waals surface area contributed by atoms with Crippen LogP contribution in [0.2, 0.25) is 0 Å². The van der Waals surface area contributed by atoms with E-state index < -0.39 is 0 Å². The number of rotatable bonds is 24. The molecule has 0 amide bonds. The Kier molecular flexibility index (Phi) is 12.3. The molecule has 204 valence electrons. The molecule has 9 nitrogen and oxygen atoms in total. The van der Waals surface area contributed by atoms with Crippen molar-refractivity contribution in [1.82, 2.24) is 15.0 Å². The Balaban J connectivity index is 1.12. The maximum Gasteiger partial charge on any atom is 0.325 e. The summed E-state index contributed by atoms with van der Waals surface area (Å²) in [5.41, 5.74) is 0. The molecule has 3 fully saturated rings. The molecule has 4 rings (SSSR count). The van der Waals surface area contributed by atoms with Gasteiger partial charge in [0.2, 0.25) is 0 Å². The van der Waals surface area contributed by atoms with E-state index in [2.05, 4.69) is 15.0 Å². The van der Waals surface area contributed by atoms with Crippen LogP contribution in [0.1, 0.15) is 96.3 Å². The molecule has 3 aliphatic heterocycles. The summed E-state index contributed by atoms with van der Waals surface area (Å²) in [6.07, 6.45) is 18.7. The standard InChI is InChI=1S/C27H45N3O6/c1(7-13-22-19-34-22)4-10-16-31-25-28-26(32-17-11-5-2-8-14-23-20-35-23)30-27(29-25)33-18-12-6-3-9-15-24-21-36-24/h22-24H,1-21H2. The smallest absolute Gasteiger partial charge is 0.325 e. The molecule has 36 heavy (non-hydrogen) atoms. The van der Waals surface area contributed by atoms with E-state index in [0.717, 1.165) is 58.3 Å². The first-order valence-electron chi connectivity index (χ1n) is 14.3. The van der Waals surface area contributed by atoms with Gasteiger partial charge in [0.05, 0.1) is 58.0 Å². The summed E-state index contributed by atoms with van der Waals surface area (Å²) in [6.45, 7) is 4.59. The molecular weight excluding hydrogens is 462 g/mol. The van der Waals surface area contributed by atoms with Crippen LogP contribution in [0.25, 0.3) is 0 Å². The van der Waals surface area contributed by atoms with Crippen molar-refractivity contribution in [2.24, 2.45) is 0 Å². The lowest BCUT2D eigenvalue weighted by atomic mass is 10.1. The Bertz CT molecular complexity index is 620. The molecule has 0 saturated carbocycles. The molecule has 0 bridgehead atoms. The van der Waals surface area contributed by atoms with Gasteiger partial charge in [0.1, 0.15) is 0 Å². The van der Waals surface area contributed by atoms with Crippen LogP contribution in [-0.2, 0) is 14.2 Å². The van der Waals surface area contributed by atoms with Gasteiger partial charge in [-0.2, -0.15) is 0 Å². The highest BCUT2D eigenvalue weighted by Gasteiger charge is 2.22. The number of ether oxygens (including phenoxy) is 6. The third kappa shape index (κ3) is 13.0. The largest absolute Gasteiger partial charge is 0.463 e. The van der Waals surface area contributed by atoms with E-state index >= 15 is 0 Å². The van der Waals surface area contributed by atoms with Gasteiger partial charge < -0.3 is 28.4 Å². The van der Waals surface area contributed by atoms with Crippen molar-refractivity contribution in [2.75, 3.05) is 39.6 Å². The van der Waals surface area contributed by atoms with Crippen LogP contribution in [0, 0.1) is 0 Å². The third-order valence-electron chi connectivity index (χ3n) is 6.74. The van der Waals surface area contributed by atoms with Crippen molar-refractivity contribution in [3.8, 4) is 18.0 Å². The fourth-order valence-electron chi connectivity index (χ4n) is 4.19. The molecule has 3 atom stereocenters. The maximum atomic E-state index is 5.83. The Morgan fingerprint density at radius 3 is 1.00 bits per heavy atom. The molecule has 3 aliphatic rings. The Labute approximate surface area is 216 Å². The molecule has 0 spiro atoms. The molecule has 0 aromatic carbocycles. The van der Waals surface area contributed by atoms with Crippen molar-refractivity contribution in [3.05, 3.63) is 0 Å². The summed E-state index contributed by atoms with van der Waals surface area (Å²) in [5.74, 6) is 0. The van der Waals surface area contributed by atoms with Crippen LogP contribution in [0.5, 0.6) is 18.0 Å². The third-order valence-corrected chi connectivity index (χ3v) is 6.74. The first-order valence-corrected chi connectivity index (χ1v) is 14.3. The first kappa shape index (κ1) is 27.3. The number of hydrogen-bond acceptors (Lipinski definition) is 9. The Hall–Kier alpha value is -1.71. The summed E-state index contributed by atoms with van der Waals surface area (Å²) in [4.78, 5) is 13.1. The molecule has 3 unspecified atom stereocenters. The normalized spacial score (nSPS) is 21.8. The SMILES string of the molecule is C(CCCC1CO1)CCOc1nc(OCCCCCCC2CO2)nc(OCCCCCCC2CO2)n1. The Morgan fingerprint density at radius 2 is 0.722 bits per heavy atom. The van der Waals surface area contributed by atoms with Crippen molar-refractivity contribution in [3.63, 3.8) is 0 Å². The van der Waals surface area contributed by atoms with Crippen LogP contribution >= 0.6 is 0 Å². The molecule has 0 aliphatic carbocycles. The topological polar surface area (TPSA) is 104 Å². The summed E-state index contributed by atoms with van der Waals surface area (Å²) < 4.78 is 33.3. The predicted octanol–water partition coefficient (Wildman–Crippen LogP) is 5.06. The summed E-state index contributed by atoms with van der Waals surface area (Å²) in [7, 11) is 0. The van der Waals surface area contributed by atoms with Crippen LogP contribution in [0.3, 0.4) is 0 Å². The van der Waals surface area contributed by atoms with Gasteiger partial charge in [0.25, 0.3) is 0 Å². The number of nitrogens with zero attached hydrogens (tertiary/aromatic N) is 3. The highest BCUT2D eigenvalue weighted by Crippen LogP contribution is 2.20. The summed E-state index contributed by atoms with van der Waals surface area (Å²) in [5, 5.41) is 0. The van der Waals surface area contributed by atoms with E-state index in [-0.39, 0.29) is 18.0 Å². The van der Waals surface area contributed by atoms with Gasteiger partial charge in [-0.1, -0.05) is 57.8 Å². The highest BCUT2D eigenvalue weighted by atomic mass is 16.6. The van der Waals surface area contributed by atoms with E-state index in [1.807, 2.05) is 0 Å². The quantitative estimate of drug-likeness (QED) is 0.140. The molecule has 1 aromatic rings. The van der Waals surface area contributed by atoms with E-state index in [1.54, 1.807) is 0 Å². The van der Waals surface area contributed by atoms with E-state index in [0.29, 0.717) is 38.1 Å². The second-order valence-electron chi connectivity index (χ2n) is 10.2. The fourth-order valence-corrected chi connectivity index (χ4v) is 4.19. The minimum absolute atomic E-state index is 0.287. The molecular formula is C27H45N3O6. The van der Waals surface area contributed by atoms with Crippen molar-refractivity contribution in [1.29, 1.82) is 0 Å². The van der Waals surface area contributed by atoms with E-state index in [4.69, 9.17) is 28.4 Å². The van der Waals surface area contributed by atoms with E-state index in [9.17, 15) is 0 Å². The van der Waals surface area contributed by atoms with Gasteiger partial charge in [0, 0.05) is 0 Å². The van der Waals surface area contributed by atoms with Gasteiger partial charge >= 0.3 is 18.0 Å². The highest BCUT2D eigenvalue weighted by molar-refractivity contribution is 5.09. The maximum absolute atomic E-state index is 5.83. The van der Waals surface area contributed by atoms with Crippen molar-refractivity contribution < 1.29 is 28.4 Å². The molecule has 9 heteroatoms. The predicted molar refractivity (Wildman–Crippen MR) is 135 cm³/mol. The van der Waals surface area contributed by atoms with Gasteiger partial charge in [-0.05, 0) is 38.5 Å².